The highest BCUT2D eigenvalue weighted by atomic mass is 32.1. The van der Waals surface area contributed by atoms with Crippen LogP contribution in [0.1, 0.15) is 42.8 Å². The van der Waals surface area contributed by atoms with Gasteiger partial charge in [0, 0.05) is 18.2 Å². The lowest BCUT2D eigenvalue weighted by Gasteiger charge is -2.10. The summed E-state index contributed by atoms with van der Waals surface area (Å²) in [5.41, 5.74) is 1.18. The molecule has 82 valence electrons. The van der Waals surface area contributed by atoms with Crippen LogP contribution in [-0.2, 0) is 11.2 Å². The van der Waals surface area contributed by atoms with Crippen LogP contribution in [-0.4, -0.2) is 10.8 Å². The number of carbonyl (C=O) groups excluding carboxylic acids is 1. The van der Waals surface area contributed by atoms with Crippen molar-refractivity contribution in [1.29, 1.82) is 0 Å². The summed E-state index contributed by atoms with van der Waals surface area (Å²) in [6.07, 6.45) is 6.06. The van der Waals surface area contributed by atoms with Gasteiger partial charge in [0.25, 0.3) is 0 Å². The summed E-state index contributed by atoms with van der Waals surface area (Å²) in [4.78, 5) is 15.9. The zero-order chi connectivity index (χ0) is 10.7. The number of aryl methyl sites for hydroxylation is 1. The molecule has 1 unspecified atom stereocenters. The molecule has 1 saturated carbocycles. The lowest BCUT2D eigenvalue weighted by molar-refractivity contribution is -0.119. The van der Waals surface area contributed by atoms with E-state index >= 15 is 0 Å². The van der Waals surface area contributed by atoms with E-state index in [9.17, 15) is 4.79 Å². The largest absolute Gasteiger partial charge is 0.300 e. The Bertz CT molecular complexity index is 345. The quantitative estimate of drug-likeness (QED) is 0.721. The molecule has 0 amide bonds. The molecule has 1 aromatic heterocycles. The first-order valence-corrected chi connectivity index (χ1v) is 6.54. The molecular weight excluding hydrogens is 206 g/mol. The van der Waals surface area contributed by atoms with Crippen LogP contribution in [0.25, 0.3) is 0 Å². The van der Waals surface area contributed by atoms with E-state index in [0.717, 1.165) is 30.7 Å². The predicted octanol–water partition coefficient (Wildman–Crippen LogP) is 3.14. The van der Waals surface area contributed by atoms with Crippen LogP contribution in [0.3, 0.4) is 0 Å². The molecule has 1 heterocycles. The van der Waals surface area contributed by atoms with Gasteiger partial charge >= 0.3 is 0 Å². The van der Waals surface area contributed by atoms with Crippen molar-refractivity contribution >= 4 is 17.1 Å². The molecule has 3 heteroatoms. The number of ketones is 1. The van der Waals surface area contributed by atoms with Gasteiger partial charge in [0.1, 0.15) is 5.78 Å². The number of Topliss-reactive ketones (excluding diaryl/α,β-unsaturated/α-hetero) is 1. The van der Waals surface area contributed by atoms with E-state index in [2.05, 4.69) is 10.4 Å². The van der Waals surface area contributed by atoms with E-state index in [-0.39, 0.29) is 0 Å². The maximum absolute atomic E-state index is 11.5. The van der Waals surface area contributed by atoms with Crippen molar-refractivity contribution in [3.63, 3.8) is 0 Å². The van der Waals surface area contributed by atoms with Crippen LogP contribution in [0.5, 0.6) is 0 Å². The van der Waals surface area contributed by atoms with Crippen molar-refractivity contribution in [2.24, 2.45) is 5.92 Å². The summed E-state index contributed by atoms with van der Waals surface area (Å²) in [5.74, 6) is 0.992. The molecule has 1 aromatic rings. The Hall–Kier alpha value is -0.700. The van der Waals surface area contributed by atoms with E-state index in [1.54, 1.807) is 11.3 Å². The van der Waals surface area contributed by atoms with Crippen LogP contribution in [0.15, 0.2) is 5.38 Å². The Kier molecular flexibility index (Phi) is 3.52. The standard InChI is InChI=1S/C12H17NOS/c1-9-13-11(8-15-9)6-10-4-2-3-5-12(14)7-10/h8,10H,2-7H2,1H3. The Morgan fingerprint density at radius 3 is 3.13 bits per heavy atom. The van der Waals surface area contributed by atoms with Crippen molar-refractivity contribution in [2.45, 2.75) is 45.4 Å². The highest BCUT2D eigenvalue weighted by molar-refractivity contribution is 7.09. The van der Waals surface area contributed by atoms with Crippen molar-refractivity contribution in [1.82, 2.24) is 4.98 Å². The smallest absolute Gasteiger partial charge is 0.133 e. The summed E-state index contributed by atoms with van der Waals surface area (Å²) in [5, 5.41) is 3.26. The fourth-order valence-electron chi connectivity index (χ4n) is 2.25. The molecule has 2 rings (SSSR count). The Morgan fingerprint density at radius 1 is 1.53 bits per heavy atom. The van der Waals surface area contributed by atoms with Crippen molar-refractivity contribution in [3.8, 4) is 0 Å². The Balaban J connectivity index is 1.95. The van der Waals surface area contributed by atoms with Gasteiger partial charge in [0.15, 0.2) is 0 Å². The SMILES string of the molecule is Cc1nc(CC2CCCCC(=O)C2)cs1. The molecule has 15 heavy (non-hydrogen) atoms. The van der Waals surface area contributed by atoms with Gasteiger partial charge in [-0.2, -0.15) is 0 Å². The summed E-state index contributed by atoms with van der Waals surface area (Å²) in [7, 11) is 0. The van der Waals surface area contributed by atoms with Gasteiger partial charge in [-0.05, 0) is 32.1 Å². The first kappa shape index (κ1) is 10.8. The summed E-state index contributed by atoms with van der Waals surface area (Å²) in [6.45, 7) is 2.03. The molecule has 0 bridgehead atoms. The maximum Gasteiger partial charge on any atom is 0.133 e. The van der Waals surface area contributed by atoms with E-state index < -0.39 is 0 Å². The Morgan fingerprint density at radius 2 is 2.40 bits per heavy atom. The van der Waals surface area contributed by atoms with Gasteiger partial charge in [0.2, 0.25) is 0 Å². The van der Waals surface area contributed by atoms with Crippen LogP contribution in [0.4, 0.5) is 0 Å². The van der Waals surface area contributed by atoms with Gasteiger partial charge in [-0.25, -0.2) is 4.98 Å². The normalized spacial score (nSPS) is 22.7. The zero-order valence-electron chi connectivity index (χ0n) is 9.16. The van der Waals surface area contributed by atoms with Crippen LogP contribution < -0.4 is 0 Å². The molecule has 0 radical (unpaired) electrons. The number of hydrogen-bond donors (Lipinski definition) is 0. The minimum Gasteiger partial charge on any atom is -0.300 e. The van der Waals surface area contributed by atoms with Gasteiger partial charge in [0.05, 0.1) is 10.7 Å². The minimum absolute atomic E-state index is 0.449. The third-order valence-corrected chi connectivity index (χ3v) is 3.82. The molecule has 0 aliphatic heterocycles. The van der Waals surface area contributed by atoms with Gasteiger partial charge in [-0.1, -0.05) is 6.42 Å². The number of aromatic nitrogens is 1. The first-order chi connectivity index (χ1) is 7.24. The van der Waals surface area contributed by atoms with Gasteiger partial charge < -0.3 is 0 Å². The minimum atomic E-state index is 0.449. The van der Waals surface area contributed by atoms with Crippen LogP contribution >= 0.6 is 11.3 Å². The lowest BCUT2D eigenvalue weighted by Crippen LogP contribution is -2.08. The summed E-state index contributed by atoms with van der Waals surface area (Å²) >= 11 is 1.70. The molecule has 1 fully saturated rings. The Labute approximate surface area is 94.7 Å². The van der Waals surface area contributed by atoms with Crippen molar-refractivity contribution in [2.75, 3.05) is 0 Å². The van der Waals surface area contributed by atoms with E-state index in [1.165, 1.54) is 18.5 Å². The van der Waals surface area contributed by atoms with Gasteiger partial charge in [-0.15, -0.1) is 11.3 Å². The van der Waals surface area contributed by atoms with E-state index in [0.29, 0.717) is 11.7 Å². The number of nitrogens with zero attached hydrogens (tertiary/aromatic N) is 1. The second-order valence-corrected chi connectivity index (χ2v) is 5.48. The summed E-state index contributed by atoms with van der Waals surface area (Å²) < 4.78 is 0. The molecule has 2 nitrogen and oxygen atoms in total. The zero-order valence-corrected chi connectivity index (χ0v) is 9.98. The van der Waals surface area contributed by atoms with Crippen LogP contribution in [0.2, 0.25) is 0 Å². The monoisotopic (exact) mass is 223 g/mol. The summed E-state index contributed by atoms with van der Waals surface area (Å²) in [6, 6.07) is 0. The van der Waals surface area contributed by atoms with Crippen LogP contribution in [0, 0.1) is 12.8 Å². The van der Waals surface area contributed by atoms with E-state index in [1.807, 2.05) is 6.92 Å². The van der Waals surface area contributed by atoms with Crippen molar-refractivity contribution in [3.05, 3.63) is 16.1 Å². The van der Waals surface area contributed by atoms with E-state index in [4.69, 9.17) is 0 Å². The first-order valence-electron chi connectivity index (χ1n) is 5.67. The number of rotatable bonds is 2. The molecule has 0 spiro atoms. The second-order valence-electron chi connectivity index (χ2n) is 4.42. The third kappa shape index (κ3) is 3.13. The lowest BCUT2D eigenvalue weighted by atomic mass is 9.95. The van der Waals surface area contributed by atoms with Gasteiger partial charge in [-0.3, -0.25) is 4.79 Å². The molecule has 1 aliphatic carbocycles. The predicted molar refractivity (Wildman–Crippen MR) is 62.1 cm³/mol. The number of carbonyl (C=O) groups is 1. The highest BCUT2D eigenvalue weighted by Crippen LogP contribution is 2.24. The number of hydrogen-bond acceptors (Lipinski definition) is 3. The number of thiazole rings is 1. The van der Waals surface area contributed by atoms with Crippen molar-refractivity contribution < 1.29 is 4.79 Å². The molecule has 1 aliphatic rings. The topological polar surface area (TPSA) is 30.0 Å². The third-order valence-electron chi connectivity index (χ3n) is 3.00. The molecule has 0 saturated heterocycles. The molecule has 0 N–H and O–H groups in total. The maximum atomic E-state index is 11.5. The molecule has 0 aromatic carbocycles. The fraction of sp³-hybridized carbons (Fsp3) is 0.667. The fourth-order valence-corrected chi connectivity index (χ4v) is 2.88. The second kappa shape index (κ2) is 4.88. The average Bonchev–Trinajstić information content (AvgIpc) is 2.46. The average molecular weight is 223 g/mol. The highest BCUT2D eigenvalue weighted by Gasteiger charge is 2.18. The molecule has 1 atom stereocenters. The molecular formula is C12H17NOS.